The molecule has 0 spiro atoms. The summed E-state index contributed by atoms with van der Waals surface area (Å²) in [5.74, 6) is 0. The van der Waals surface area contributed by atoms with Gasteiger partial charge in [0.25, 0.3) is 0 Å². The lowest BCUT2D eigenvalue weighted by molar-refractivity contribution is 0.172. The van der Waals surface area contributed by atoms with Crippen molar-refractivity contribution in [2.45, 2.75) is 29.1 Å². The zero-order chi connectivity index (χ0) is 11.7. The maximum atomic E-state index is 10.2. The highest BCUT2D eigenvalue weighted by Crippen LogP contribution is 2.38. The summed E-state index contributed by atoms with van der Waals surface area (Å²) in [5.41, 5.74) is 2.42. The van der Waals surface area contributed by atoms with Crippen molar-refractivity contribution < 1.29 is 9.52 Å². The summed E-state index contributed by atoms with van der Waals surface area (Å²) in [7, 11) is 0. The SMILES string of the molecule is OC(Cc1ccoc1)C1Cc2ccccc2S1. The first-order valence-corrected chi connectivity index (χ1v) is 6.64. The molecule has 0 fully saturated rings. The second-order valence-electron chi connectivity index (χ2n) is 4.37. The summed E-state index contributed by atoms with van der Waals surface area (Å²) in [6.45, 7) is 0. The molecule has 3 rings (SSSR count). The second-order valence-corrected chi connectivity index (χ2v) is 5.65. The van der Waals surface area contributed by atoms with Crippen molar-refractivity contribution in [1.29, 1.82) is 0 Å². The van der Waals surface area contributed by atoms with Gasteiger partial charge in [0, 0.05) is 16.6 Å². The van der Waals surface area contributed by atoms with Gasteiger partial charge in [0.15, 0.2) is 0 Å². The van der Waals surface area contributed by atoms with Gasteiger partial charge in [0.05, 0.1) is 18.6 Å². The molecule has 2 aromatic rings. The third-order valence-electron chi connectivity index (χ3n) is 3.13. The number of aliphatic hydroxyl groups is 1. The molecule has 0 amide bonds. The highest BCUT2D eigenvalue weighted by atomic mass is 32.2. The minimum atomic E-state index is -0.315. The largest absolute Gasteiger partial charge is 0.472 e. The molecule has 2 unspecified atom stereocenters. The van der Waals surface area contributed by atoms with Crippen molar-refractivity contribution in [2.24, 2.45) is 0 Å². The fourth-order valence-corrected chi connectivity index (χ4v) is 3.51. The molecule has 0 saturated heterocycles. The molecule has 3 heteroatoms. The molecule has 1 aliphatic heterocycles. The van der Waals surface area contributed by atoms with Gasteiger partial charge >= 0.3 is 0 Å². The van der Waals surface area contributed by atoms with Gasteiger partial charge in [-0.25, -0.2) is 0 Å². The van der Waals surface area contributed by atoms with Crippen LogP contribution in [0.3, 0.4) is 0 Å². The number of fused-ring (bicyclic) bond motifs is 1. The molecule has 1 aromatic carbocycles. The molecule has 2 nitrogen and oxygen atoms in total. The molecule has 1 aliphatic rings. The van der Waals surface area contributed by atoms with Crippen LogP contribution in [0.25, 0.3) is 0 Å². The summed E-state index contributed by atoms with van der Waals surface area (Å²) < 4.78 is 5.02. The third kappa shape index (κ3) is 2.26. The van der Waals surface area contributed by atoms with Crippen molar-refractivity contribution in [3.8, 4) is 0 Å². The van der Waals surface area contributed by atoms with Crippen LogP contribution in [0.15, 0.2) is 52.2 Å². The van der Waals surface area contributed by atoms with Crippen LogP contribution in [-0.4, -0.2) is 16.5 Å². The zero-order valence-electron chi connectivity index (χ0n) is 9.37. The fraction of sp³-hybridized carbons (Fsp3) is 0.286. The van der Waals surface area contributed by atoms with Crippen molar-refractivity contribution in [3.05, 3.63) is 54.0 Å². The lowest BCUT2D eigenvalue weighted by Crippen LogP contribution is -2.24. The topological polar surface area (TPSA) is 33.4 Å². The number of hydrogen-bond acceptors (Lipinski definition) is 3. The number of aliphatic hydroxyl groups excluding tert-OH is 1. The Morgan fingerprint density at radius 3 is 3.00 bits per heavy atom. The quantitative estimate of drug-likeness (QED) is 0.904. The Hall–Kier alpha value is -1.19. The van der Waals surface area contributed by atoms with Crippen LogP contribution < -0.4 is 0 Å². The fourth-order valence-electron chi connectivity index (χ4n) is 2.21. The average Bonchev–Trinajstić information content (AvgIpc) is 2.96. The maximum absolute atomic E-state index is 10.2. The third-order valence-corrected chi connectivity index (χ3v) is 4.56. The lowest BCUT2D eigenvalue weighted by Gasteiger charge is -2.15. The number of rotatable bonds is 3. The number of thioether (sulfide) groups is 1. The molecule has 0 radical (unpaired) electrons. The Labute approximate surface area is 105 Å². The van der Waals surface area contributed by atoms with Gasteiger partial charge in [-0.2, -0.15) is 0 Å². The Balaban J connectivity index is 1.68. The van der Waals surface area contributed by atoms with E-state index in [0.717, 1.165) is 12.0 Å². The molecule has 17 heavy (non-hydrogen) atoms. The van der Waals surface area contributed by atoms with Crippen molar-refractivity contribution in [2.75, 3.05) is 0 Å². The molecule has 0 bridgehead atoms. The number of hydrogen-bond donors (Lipinski definition) is 1. The molecule has 2 atom stereocenters. The minimum absolute atomic E-state index is 0.266. The molecular weight excluding hydrogens is 232 g/mol. The zero-order valence-corrected chi connectivity index (χ0v) is 10.2. The molecular formula is C14H14O2S. The Morgan fingerprint density at radius 2 is 2.24 bits per heavy atom. The van der Waals surface area contributed by atoms with E-state index in [4.69, 9.17) is 4.42 Å². The predicted octanol–water partition coefficient (Wildman–Crippen LogP) is 2.90. The standard InChI is InChI=1S/C14H14O2S/c15-12(7-10-5-6-16-9-10)14-8-11-3-1-2-4-13(11)17-14/h1-6,9,12,14-15H,7-8H2. The van der Waals surface area contributed by atoms with Gasteiger partial charge < -0.3 is 9.52 Å². The van der Waals surface area contributed by atoms with Gasteiger partial charge in [-0.15, -0.1) is 11.8 Å². The van der Waals surface area contributed by atoms with Crippen LogP contribution in [0, 0.1) is 0 Å². The van der Waals surface area contributed by atoms with Gasteiger partial charge in [0.1, 0.15) is 0 Å². The van der Waals surface area contributed by atoms with Crippen LogP contribution in [0.2, 0.25) is 0 Å². The number of benzene rings is 1. The molecule has 0 aliphatic carbocycles. The van der Waals surface area contributed by atoms with Gasteiger partial charge in [0.2, 0.25) is 0 Å². The van der Waals surface area contributed by atoms with E-state index in [-0.39, 0.29) is 11.4 Å². The first kappa shape index (κ1) is 10.9. The lowest BCUT2D eigenvalue weighted by atomic mass is 10.0. The second kappa shape index (κ2) is 4.59. The van der Waals surface area contributed by atoms with Crippen molar-refractivity contribution >= 4 is 11.8 Å². The van der Waals surface area contributed by atoms with Crippen LogP contribution in [0.5, 0.6) is 0 Å². The van der Waals surface area contributed by atoms with E-state index in [2.05, 4.69) is 24.3 Å². The Morgan fingerprint density at radius 1 is 1.35 bits per heavy atom. The summed E-state index contributed by atoms with van der Waals surface area (Å²) in [6.07, 6.45) is 4.67. The Kier molecular flexibility index (Phi) is 2.95. The first-order chi connectivity index (χ1) is 8.33. The highest BCUT2D eigenvalue weighted by molar-refractivity contribution is 8.00. The predicted molar refractivity (Wildman–Crippen MR) is 68.2 cm³/mol. The Bertz CT molecular complexity index is 468. The summed E-state index contributed by atoms with van der Waals surface area (Å²) in [5, 5.41) is 10.5. The van der Waals surface area contributed by atoms with Crippen LogP contribution in [0.4, 0.5) is 0 Å². The summed E-state index contributed by atoms with van der Waals surface area (Å²) in [6, 6.07) is 10.3. The van der Waals surface area contributed by atoms with E-state index in [0.29, 0.717) is 6.42 Å². The van der Waals surface area contributed by atoms with E-state index in [1.54, 1.807) is 24.3 Å². The van der Waals surface area contributed by atoms with Gasteiger partial charge in [-0.05, 0) is 29.7 Å². The van der Waals surface area contributed by atoms with Gasteiger partial charge in [-0.3, -0.25) is 0 Å². The number of furan rings is 1. The van der Waals surface area contributed by atoms with Crippen LogP contribution in [0.1, 0.15) is 11.1 Å². The van der Waals surface area contributed by atoms with Crippen molar-refractivity contribution in [1.82, 2.24) is 0 Å². The van der Waals surface area contributed by atoms with E-state index in [1.165, 1.54) is 10.5 Å². The van der Waals surface area contributed by atoms with Crippen molar-refractivity contribution in [3.63, 3.8) is 0 Å². The van der Waals surface area contributed by atoms with E-state index in [1.807, 2.05) is 6.07 Å². The minimum Gasteiger partial charge on any atom is -0.472 e. The maximum Gasteiger partial charge on any atom is 0.0935 e. The van der Waals surface area contributed by atoms with Crippen LogP contribution >= 0.6 is 11.8 Å². The molecule has 1 N–H and O–H groups in total. The summed E-state index contributed by atoms with van der Waals surface area (Å²) in [4.78, 5) is 1.31. The molecule has 88 valence electrons. The summed E-state index contributed by atoms with van der Waals surface area (Å²) >= 11 is 1.79. The molecule has 0 saturated carbocycles. The monoisotopic (exact) mass is 246 g/mol. The van der Waals surface area contributed by atoms with E-state index >= 15 is 0 Å². The van der Waals surface area contributed by atoms with Crippen LogP contribution in [-0.2, 0) is 12.8 Å². The smallest absolute Gasteiger partial charge is 0.0935 e. The van der Waals surface area contributed by atoms with Gasteiger partial charge in [-0.1, -0.05) is 18.2 Å². The first-order valence-electron chi connectivity index (χ1n) is 5.76. The normalized spacial score (nSPS) is 20.2. The molecule has 2 heterocycles. The highest BCUT2D eigenvalue weighted by Gasteiger charge is 2.28. The van der Waals surface area contributed by atoms with E-state index < -0.39 is 0 Å². The molecule has 1 aromatic heterocycles. The average molecular weight is 246 g/mol. The van der Waals surface area contributed by atoms with E-state index in [9.17, 15) is 5.11 Å².